The van der Waals surface area contributed by atoms with Crippen molar-refractivity contribution in [3.8, 4) is 0 Å². The Hall–Kier alpha value is -1.64. The van der Waals surface area contributed by atoms with Crippen molar-refractivity contribution in [3.05, 3.63) is 30.1 Å². The summed E-state index contributed by atoms with van der Waals surface area (Å²) in [5.74, 6) is 2.01. The molecule has 17 heavy (non-hydrogen) atoms. The minimum Gasteiger partial charge on any atom is -0.345 e. The van der Waals surface area contributed by atoms with Crippen LogP contribution in [0.3, 0.4) is 0 Å². The second-order valence-electron chi connectivity index (χ2n) is 5.25. The molecule has 0 aliphatic heterocycles. The number of pyridine rings is 1. The van der Waals surface area contributed by atoms with Gasteiger partial charge in [-0.3, -0.25) is 4.79 Å². The summed E-state index contributed by atoms with van der Waals surface area (Å²) >= 11 is 0. The van der Waals surface area contributed by atoms with Crippen LogP contribution in [0, 0.1) is 17.8 Å². The van der Waals surface area contributed by atoms with Crippen LogP contribution in [-0.4, -0.2) is 15.8 Å². The van der Waals surface area contributed by atoms with Crippen LogP contribution in [0.4, 0.5) is 0 Å². The predicted octanol–water partition coefficient (Wildman–Crippen LogP) is 2.79. The number of hydrogen-bond acceptors (Lipinski definition) is 2. The zero-order chi connectivity index (χ0) is 11.4. The van der Waals surface area contributed by atoms with Crippen molar-refractivity contribution in [1.82, 2.24) is 9.97 Å². The van der Waals surface area contributed by atoms with Gasteiger partial charge in [0.1, 0.15) is 5.65 Å². The van der Waals surface area contributed by atoms with E-state index in [9.17, 15) is 4.79 Å². The minimum atomic E-state index is 0.308. The highest BCUT2D eigenvalue weighted by Crippen LogP contribution is 2.58. The molecule has 2 aromatic rings. The molecule has 86 valence electrons. The van der Waals surface area contributed by atoms with E-state index in [2.05, 4.69) is 9.97 Å². The second-order valence-corrected chi connectivity index (χ2v) is 5.25. The van der Waals surface area contributed by atoms with Gasteiger partial charge >= 0.3 is 0 Å². The van der Waals surface area contributed by atoms with E-state index < -0.39 is 0 Å². The molecule has 0 radical (unpaired) electrons. The number of fused-ring (bicyclic) bond motifs is 2. The van der Waals surface area contributed by atoms with E-state index in [0.29, 0.717) is 23.5 Å². The molecule has 4 rings (SSSR count). The van der Waals surface area contributed by atoms with Crippen molar-refractivity contribution in [1.29, 1.82) is 0 Å². The molecule has 0 saturated heterocycles. The molecule has 2 saturated carbocycles. The van der Waals surface area contributed by atoms with Crippen molar-refractivity contribution >= 4 is 16.8 Å². The number of aromatic nitrogens is 2. The van der Waals surface area contributed by atoms with E-state index >= 15 is 0 Å². The number of ketones is 1. The highest BCUT2D eigenvalue weighted by Gasteiger charge is 2.56. The van der Waals surface area contributed by atoms with E-state index in [-0.39, 0.29) is 0 Å². The van der Waals surface area contributed by atoms with Crippen LogP contribution < -0.4 is 0 Å². The van der Waals surface area contributed by atoms with Gasteiger partial charge in [-0.25, -0.2) is 4.98 Å². The summed E-state index contributed by atoms with van der Waals surface area (Å²) in [6, 6.07) is 3.87. The molecule has 0 spiro atoms. The number of rotatable bonds is 2. The average molecular weight is 226 g/mol. The Balaban J connectivity index is 1.73. The van der Waals surface area contributed by atoms with Crippen LogP contribution in [0.15, 0.2) is 24.5 Å². The average Bonchev–Trinajstić information content (AvgIpc) is 2.77. The smallest absolute Gasteiger partial charge is 0.168 e. The van der Waals surface area contributed by atoms with Gasteiger partial charge in [0, 0.05) is 29.3 Å². The lowest BCUT2D eigenvalue weighted by molar-refractivity contribution is 0.0953. The summed E-state index contributed by atoms with van der Waals surface area (Å²) in [6.07, 6.45) is 7.39. The molecule has 2 fully saturated rings. The van der Waals surface area contributed by atoms with Gasteiger partial charge in [-0.2, -0.15) is 0 Å². The van der Waals surface area contributed by atoms with Crippen LogP contribution in [0.1, 0.15) is 29.6 Å². The summed E-state index contributed by atoms with van der Waals surface area (Å²) in [5, 5.41) is 0.975. The standard InChI is InChI=1S/C14H14N2O/c17-13(12-8-3-1-4-9(8)12)11-7-16-14-10(11)5-2-6-15-14/h2,5-9,12H,1,3-4H2,(H,15,16). The molecule has 1 N–H and O–H groups in total. The maximum absolute atomic E-state index is 12.4. The SMILES string of the molecule is O=C(c1c[nH]c2ncccc12)C1C2CCCC21. The van der Waals surface area contributed by atoms with Gasteiger partial charge in [-0.1, -0.05) is 6.42 Å². The predicted molar refractivity (Wildman–Crippen MR) is 64.7 cm³/mol. The van der Waals surface area contributed by atoms with Crippen LogP contribution in [0.5, 0.6) is 0 Å². The van der Waals surface area contributed by atoms with E-state index in [4.69, 9.17) is 0 Å². The Morgan fingerprint density at radius 2 is 2.18 bits per heavy atom. The Morgan fingerprint density at radius 1 is 1.35 bits per heavy atom. The maximum Gasteiger partial charge on any atom is 0.168 e. The summed E-state index contributed by atoms with van der Waals surface area (Å²) in [7, 11) is 0. The fourth-order valence-corrected chi connectivity index (χ4v) is 3.55. The largest absolute Gasteiger partial charge is 0.345 e. The number of carbonyl (C=O) groups is 1. The van der Waals surface area contributed by atoms with E-state index in [1.165, 1.54) is 19.3 Å². The van der Waals surface area contributed by atoms with Crippen LogP contribution >= 0.6 is 0 Å². The van der Waals surface area contributed by atoms with Crippen molar-refractivity contribution in [2.45, 2.75) is 19.3 Å². The fourth-order valence-electron chi connectivity index (χ4n) is 3.55. The van der Waals surface area contributed by atoms with E-state index in [1.807, 2.05) is 18.3 Å². The first kappa shape index (κ1) is 9.40. The fraction of sp³-hybridized carbons (Fsp3) is 0.429. The maximum atomic E-state index is 12.4. The number of nitrogens with zero attached hydrogens (tertiary/aromatic N) is 1. The highest BCUT2D eigenvalue weighted by molar-refractivity contribution is 6.09. The number of hydrogen-bond donors (Lipinski definition) is 1. The third-order valence-corrected chi connectivity index (χ3v) is 4.43. The number of H-pyrrole nitrogens is 1. The monoisotopic (exact) mass is 226 g/mol. The lowest BCUT2D eigenvalue weighted by Crippen LogP contribution is -2.05. The summed E-state index contributed by atoms with van der Waals surface area (Å²) in [6.45, 7) is 0. The molecule has 2 heterocycles. The van der Waals surface area contributed by atoms with Crippen molar-refractivity contribution in [3.63, 3.8) is 0 Å². The highest BCUT2D eigenvalue weighted by atomic mass is 16.1. The summed E-state index contributed by atoms with van der Waals surface area (Å²) in [5.41, 5.74) is 1.66. The molecule has 2 atom stereocenters. The minimum absolute atomic E-state index is 0.308. The molecule has 2 unspecified atom stereocenters. The Morgan fingerprint density at radius 3 is 3.00 bits per heavy atom. The molecular formula is C14H14N2O. The molecule has 2 aliphatic carbocycles. The Kier molecular flexibility index (Phi) is 1.76. The first-order chi connectivity index (χ1) is 8.36. The number of carbonyl (C=O) groups excluding carboxylic acids is 1. The van der Waals surface area contributed by atoms with Crippen molar-refractivity contribution in [2.24, 2.45) is 17.8 Å². The van der Waals surface area contributed by atoms with Crippen LogP contribution in [0.25, 0.3) is 11.0 Å². The zero-order valence-corrected chi connectivity index (χ0v) is 9.52. The van der Waals surface area contributed by atoms with Crippen molar-refractivity contribution in [2.75, 3.05) is 0 Å². The zero-order valence-electron chi connectivity index (χ0n) is 9.52. The summed E-state index contributed by atoms with van der Waals surface area (Å²) in [4.78, 5) is 19.8. The molecule has 2 aromatic heterocycles. The lowest BCUT2D eigenvalue weighted by Gasteiger charge is -2.01. The quantitative estimate of drug-likeness (QED) is 0.800. The van der Waals surface area contributed by atoms with E-state index in [1.54, 1.807) is 6.20 Å². The normalized spacial score (nSPS) is 30.5. The molecule has 0 bridgehead atoms. The molecule has 3 nitrogen and oxygen atoms in total. The van der Waals surface area contributed by atoms with Crippen LogP contribution in [0.2, 0.25) is 0 Å². The van der Waals surface area contributed by atoms with Crippen LogP contribution in [-0.2, 0) is 0 Å². The van der Waals surface area contributed by atoms with Gasteiger partial charge in [0.05, 0.1) is 0 Å². The lowest BCUT2D eigenvalue weighted by atomic mass is 10.0. The topological polar surface area (TPSA) is 45.8 Å². The second kappa shape index (κ2) is 3.19. The number of nitrogens with one attached hydrogen (secondary N) is 1. The first-order valence-electron chi connectivity index (χ1n) is 6.32. The molecule has 0 amide bonds. The van der Waals surface area contributed by atoms with Gasteiger partial charge in [0.15, 0.2) is 5.78 Å². The molecule has 2 aliphatic rings. The summed E-state index contributed by atoms with van der Waals surface area (Å²) < 4.78 is 0. The van der Waals surface area contributed by atoms with Gasteiger partial charge in [0.25, 0.3) is 0 Å². The first-order valence-corrected chi connectivity index (χ1v) is 6.32. The molecule has 0 aromatic carbocycles. The molecule has 3 heteroatoms. The van der Waals surface area contributed by atoms with Gasteiger partial charge in [-0.05, 0) is 36.8 Å². The molecular weight excluding hydrogens is 212 g/mol. The Bertz CT molecular complexity index is 591. The van der Waals surface area contributed by atoms with Gasteiger partial charge in [0.2, 0.25) is 0 Å². The Labute approximate surface area is 99.2 Å². The third-order valence-electron chi connectivity index (χ3n) is 4.43. The van der Waals surface area contributed by atoms with Crippen molar-refractivity contribution < 1.29 is 4.79 Å². The third kappa shape index (κ3) is 1.22. The number of Topliss-reactive ketones (excluding diaryl/α,β-unsaturated/α-hetero) is 1. The number of aromatic amines is 1. The van der Waals surface area contributed by atoms with Gasteiger partial charge < -0.3 is 4.98 Å². The van der Waals surface area contributed by atoms with E-state index in [0.717, 1.165) is 16.6 Å². The van der Waals surface area contributed by atoms with Gasteiger partial charge in [-0.15, -0.1) is 0 Å².